The largest absolute Gasteiger partial charge is 0.308 e. The number of nitrogens with two attached hydrogens (primary N) is 1. The summed E-state index contributed by atoms with van der Waals surface area (Å²) in [5, 5.41) is 6.30. The summed E-state index contributed by atoms with van der Waals surface area (Å²) in [4.78, 5) is 13.1. The number of anilines is 1. The van der Waals surface area contributed by atoms with E-state index in [4.69, 9.17) is 17.4 Å². The molecule has 3 aromatic heterocycles. The Morgan fingerprint density at radius 1 is 1.43 bits per heavy atom. The molecule has 0 bridgehead atoms. The van der Waals surface area contributed by atoms with Crippen molar-refractivity contribution in [3.63, 3.8) is 0 Å². The maximum absolute atomic E-state index is 6.08. The first-order valence-corrected chi connectivity index (χ1v) is 7.44. The lowest BCUT2D eigenvalue weighted by molar-refractivity contribution is 0.782. The quantitative estimate of drug-likeness (QED) is 0.431. The van der Waals surface area contributed by atoms with Gasteiger partial charge in [-0.15, -0.1) is 0 Å². The number of nitrogens with zero attached hydrogens (tertiary/aromatic N) is 5. The molecular weight excluding hydrogens is 310 g/mol. The Hall–Kier alpha value is -1.90. The van der Waals surface area contributed by atoms with Crippen molar-refractivity contribution in [2.45, 2.75) is 10.8 Å². The van der Waals surface area contributed by atoms with Crippen LogP contribution in [0.1, 0.15) is 5.82 Å². The van der Waals surface area contributed by atoms with Crippen LogP contribution >= 0.6 is 23.4 Å². The molecule has 0 unspecified atom stereocenters. The third kappa shape index (κ3) is 2.78. The Balaban J connectivity index is 1.90. The number of aryl methyl sites for hydroxylation is 1. The molecule has 0 aliphatic rings. The lowest BCUT2D eigenvalue weighted by atomic mass is 10.4. The standard InChI is InChI=1S/C12H12ClN7S/c1-20-11-7(5-16-20)10(19-14)17-9(18-11)6-21-12-8(13)3-2-4-15-12/h2-5H,6,14H2,1H3,(H,17,18,19). The SMILES string of the molecule is Cn1ncc2c(NN)nc(CSc3ncccc3Cl)nc21. The first-order chi connectivity index (χ1) is 10.2. The zero-order chi connectivity index (χ0) is 14.8. The van der Waals surface area contributed by atoms with E-state index in [1.54, 1.807) is 29.2 Å². The van der Waals surface area contributed by atoms with E-state index < -0.39 is 0 Å². The summed E-state index contributed by atoms with van der Waals surface area (Å²) in [5.74, 6) is 7.22. The first kappa shape index (κ1) is 14.1. The first-order valence-electron chi connectivity index (χ1n) is 6.07. The van der Waals surface area contributed by atoms with Crippen molar-refractivity contribution in [3.05, 3.63) is 35.4 Å². The average Bonchev–Trinajstić information content (AvgIpc) is 2.87. The number of rotatable bonds is 4. The molecule has 9 heteroatoms. The lowest BCUT2D eigenvalue weighted by Crippen LogP contribution is -2.11. The van der Waals surface area contributed by atoms with Crippen LogP contribution in [0.25, 0.3) is 11.0 Å². The molecule has 0 aliphatic heterocycles. The Morgan fingerprint density at radius 3 is 3.05 bits per heavy atom. The van der Waals surface area contributed by atoms with E-state index in [0.29, 0.717) is 22.4 Å². The van der Waals surface area contributed by atoms with Gasteiger partial charge in [0.25, 0.3) is 0 Å². The molecule has 108 valence electrons. The number of hydrazine groups is 1. The van der Waals surface area contributed by atoms with Gasteiger partial charge in [-0.25, -0.2) is 20.8 Å². The molecule has 0 fully saturated rings. The number of halogens is 1. The number of hydrogen-bond acceptors (Lipinski definition) is 7. The monoisotopic (exact) mass is 321 g/mol. The summed E-state index contributed by atoms with van der Waals surface area (Å²) < 4.78 is 1.68. The van der Waals surface area contributed by atoms with Crippen LogP contribution in [0.2, 0.25) is 5.02 Å². The van der Waals surface area contributed by atoms with Gasteiger partial charge in [0.1, 0.15) is 10.9 Å². The fraction of sp³-hybridized carbons (Fsp3) is 0.167. The molecule has 0 atom stereocenters. The van der Waals surface area contributed by atoms with Crippen molar-refractivity contribution >= 4 is 40.2 Å². The van der Waals surface area contributed by atoms with Crippen LogP contribution in [-0.2, 0) is 12.8 Å². The van der Waals surface area contributed by atoms with Crippen molar-refractivity contribution < 1.29 is 0 Å². The van der Waals surface area contributed by atoms with Gasteiger partial charge in [-0.05, 0) is 12.1 Å². The average molecular weight is 322 g/mol. The van der Waals surface area contributed by atoms with Crippen molar-refractivity contribution in [2.75, 3.05) is 5.43 Å². The van der Waals surface area contributed by atoms with Crippen LogP contribution < -0.4 is 11.3 Å². The summed E-state index contributed by atoms with van der Waals surface area (Å²) >= 11 is 7.55. The van der Waals surface area contributed by atoms with Gasteiger partial charge in [0.2, 0.25) is 0 Å². The third-order valence-electron chi connectivity index (χ3n) is 2.84. The van der Waals surface area contributed by atoms with Gasteiger partial charge in [-0.2, -0.15) is 5.10 Å². The maximum atomic E-state index is 6.08. The Labute approximate surface area is 129 Å². The van der Waals surface area contributed by atoms with Crippen LogP contribution in [-0.4, -0.2) is 24.7 Å². The van der Waals surface area contributed by atoms with E-state index in [1.807, 2.05) is 7.05 Å². The van der Waals surface area contributed by atoms with Crippen molar-refractivity contribution in [1.82, 2.24) is 24.7 Å². The fourth-order valence-corrected chi connectivity index (χ4v) is 2.87. The van der Waals surface area contributed by atoms with Gasteiger partial charge in [0.15, 0.2) is 11.5 Å². The molecule has 0 aliphatic carbocycles. The van der Waals surface area contributed by atoms with Gasteiger partial charge >= 0.3 is 0 Å². The Kier molecular flexibility index (Phi) is 3.91. The fourth-order valence-electron chi connectivity index (χ4n) is 1.85. The summed E-state index contributed by atoms with van der Waals surface area (Å²) in [6.45, 7) is 0. The molecular formula is C12H12ClN7S. The van der Waals surface area contributed by atoms with Crippen molar-refractivity contribution in [2.24, 2.45) is 12.9 Å². The van der Waals surface area contributed by atoms with Crippen LogP contribution in [0.5, 0.6) is 0 Å². The van der Waals surface area contributed by atoms with Gasteiger partial charge in [0, 0.05) is 13.2 Å². The zero-order valence-electron chi connectivity index (χ0n) is 11.1. The second-order valence-electron chi connectivity index (χ2n) is 4.22. The molecule has 3 N–H and O–H groups in total. The molecule has 3 heterocycles. The van der Waals surface area contributed by atoms with E-state index in [1.165, 1.54) is 11.8 Å². The number of aromatic nitrogens is 5. The number of hydrogen-bond donors (Lipinski definition) is 2. The molecule has 0 amide bonds. The molecule has 0 saturated carbocycles. The maximum Gasteiger partial charge on any atom is 0.163 e. The number of nitrogen functional groups attached to an aromatic ring is 1. The number of nitrogens with one attached hydrogen (secondary N) is 1. The highest BCUT2D eigenvalue weighted by atomic mass is 35.5. The number of pyridine rings is 1. The van der Waals surface area contributed by atoms with E-state index >= 15 is 0 Å². The van der Waals surface area contributed by atoms with E-state index in [9.17, 15) is 0 Å². The molecule has 3 rings (SSSR count). The minimum atomic E-state index is 0.534. The third-order valence-corrected chi connectivity index (χ3v) is 4.26. The topological polar surface area (TPSA) is 94.5 Å². The minimum Gasteiger partial charge on any atom is -0.308 e. The zero-order valence-corrected chi connectivity index (χ0v) is 12.7. The molecule has 0 saturated heterocycles. The normalized spacial score (nSPS) is 11.0. The molecule has 3 aromatic rings. The second kappa shape index (κ2) is 5.84. The highest BCUT2D eigenvalue weighted by Gasteiger charge is 2.11. The number of fused-ring (bicyclic) bond motifs is 1. The summed E-state index contributed by atoms with van der Waals surface area (Å²) in [7, 11) is 1.82. The molecule has 0 spiro atoms. The minimum absolute atomic E-state index is 0.534. The van der Waals surface area contributed by atoms with Gasteiger partial charge < -0.3 is 5.43 Å². The van der Waals surface area contributed by atoms with Gasteiger partial charge in [-0.1, -0.05) is 23.4 Å². The summed E-state index contributed by atoms with van der Waals surface area (Å²) in [6.07, 6.45) is 3.38. The molecule has 0 radical (unpaired) electrons. The molecule has 0 aromatic carbocycles. The van der Waals surface area contributed by atoms with Gasteiger partial charge in [0.05, 0.1) is 22.4 Å². The van der Waals surface area contributed by atoms with Gasteiger partial charge in [-0.3, -0.25) is 4.68 Å². The number of thioether (sulfide) groups is 1. The van der Waals surface area contributed by atoms with Crippen LogP contribution in [0.15, 0.2) is 29.6 Å². The van der Waals surface area contributed by atoms with E-state index in [0.717, 1.165) is 16.1 Å². The predicted molar refractivity (Wildman–Crippen MR) is 82.9 cm³/mol. The van der Waals surface area contributed by atoms with Crippen molar-refractivity contribution in [3.8, 4) is 0 Å². The highest BCUT2D eigenvalue weighted by molar-refractivity contribution is 7.98. The predicted octanol–water partition coefficient (Wildman–Crippen LogP) is 1.99. The van der Waals surface area contributed by atoms with E-state index in [-0.39, 0.29) is 0 Å². The Bertz CT molecular complexity index is 788. The van der Waals surface area contributed by atoms with Crippen LogP contribution in [0.3, 0.4) is 0 Å². The molecule has 21 heavy (non-hydrogen) atoms. The summed E-state index contributed by atoms with van der Waals surface area (Å²) in [5.41, 5.74) is 3.30. The van der Waals surface area contributed by atoms with Crippen molar-refractivity contribution in [1.29, 1.82) is 0 Å². The molecule has 7 nitrogen and oxygen atoms in total. The smallest absolute Gasteiger partial charge is 0.163 e. The second-order valence-corrected chi connectivity index (χ2v) is 5.59. The summed E-state index contributed by atoms with van der Waals surface area (Å²) in [6, 6.07) is 3.59. The lowest BCUT2D eigenvalue weighted by Gasteiger charge is -2.06. The van der Waals surface area contributed by atoms with E-state index in [2.05, 4.69) is 25.5 Å². The highest BCUT2D eigenvalue weighted by Crippen LogP contribution is 2.27. The van der Waals surface area contributed by atoms with Crippen LogP contribution in [0, 0.1) is 0 Å². The Morgan fingerprint density at radius 2 is 2.29 bits per heavy atom. The van der Waals surface area contributed by atoms with Crippen LogP contribution in [0.4, 0.5) is 5.82 Å².